The predicted octanol–water partition coefficient (Wildman–Crippen LogP) is 4.01. The summed E-state index contributed by atoms with van der Waals surface area (Å²) in [6.07, 6.45) is 6.49. The Labute approximate surface area is 164 Å². The number of nitrogens with zero attached hydrogens (tertiary/aromatic N) is 2. The van der Waals surface area contributed by atoms with E-state index < -0.39 is 5.54 Å². The Kier molecular flexibility index (Phi) is 6.26. The zero-order valence-corrected chi connectivity index (χ0v) is 16.8. The van der Waals surface area contributed by atoms with E-state index >= 15 is 0 Å². The number of amides is 2. The lowest BCUT2D eigenvalue weighted by Crippen LogP contribution is -2.59. The fraction of sp³-hybridized carbons (Fsp3) is 0.476. The highest BCUT2D eigenvalue weighted by atomic mass is 32.1. The molecule has 0 spiro atoms. The van der Waals surface area contributed by atoms with Gasteiger partial charge in [-0.2, -0.15) is 0 Å². The lowest BCUT2D eigenvalue weighted by Gasteiger charge is -2.40. The van der Waals surface area contributed by atoms with Crippen molar-refractivity contribution >= 4 is 23.2 Å². The van der Waals surface area contributed by atoms with Gasteiger partial charge < -0.3 is 10.2 Å². The van der Waals surface area contributed by atoms with Gasteiger partial charge in [-0.25, -0.2) is 0 Å². The van der Waals surface area contributed by atoms with Crippen LogP contribution in [0.5, 0.6) is 0 Å². The molecule has 1 fully saturated rings. The van der Waals surface area contributed by atoms with Gasteiger partial charge in [0.15, 0.2) is 0 Å². The molecule has 27 heavy (non-hydrogen) atoms. The molecule has 2 aromatic heterocycles. The highest BCUT2D eigenvalue weighted by Gasteiger charge is 2.42. The van der Waals surface area contributed by atoms with Crippen molar-refractivity contribution in [2.24, 2.45) is 0 Å². The summed E-state index contributed by atoms with van der Waals surface area (Å²) in [4.78, 5) is 33.5. The number of thiophene rings is 1. The molecule has 1 saturated carbocycles. The molecule has 144 valence electrons. The zero-order valence-electron chi connectivity index (χ0n) is 16.0. The molecule has 0 aromatic carbocycles. The molecule has 0 saturated heterocycles. The molecule has 6 heteroatoms. The van der Waals surface area contributed by atoms with E-state index in [0.717, 1.165) is 30.6 Å². The van der Waals surface area contributed by atoms with Crippen LogP contribution in [0.4, 0.5) is 0 Å². The number of nitrogens with one attached hydrogen (secondary N) is 1. The summed E-state index contributed by atoms with van der Waals surface area (Å²) < 4.78 is 0. The van der Waals surface area contributed by atoms with E-state index in [9.17, 15) is 9.59 Å². The monoisotopic (exact) mass is 385 g/mol. The van der Waals surface area contributed by atoms with Crippen LogP contribution < -0.4 is 5.32 Å². The first-order valence-corrected chi connectivity index (χ1v) is 10.5. The smallest absolute Gasteiger partial charge is 0.273 e. The van der Waals surface area contributed by atoms with Gasteiger partial charge in [0, 0.05) is 17.1 Å². The van der Waals surface area contributed by atoms with Gasteiger partial charge in [0.05, 0.1) is 6.54 Å². The van der Waals surface area contributed by atoms with Gasteiger partial charge in [0.1, 0.15) is 11.2 Å². The Hall–Kier alpha value is -2.21. The Morgan fingerprint density at radius 3 is 2.63 bits per heavy atom. The van der Waals surface area contributed by atoms with Crippen LogP contribution in [-0.4, -0.2) is 33.3 Å². The molecule has 1 N–H and O–H groups in total. The molecule has 2 aromatic rings. The second-order valence-corrected chi connectivity index (χ2v) is 8.30. The fourth-order valence-electron chi connectivity index (χ4n) is 3.54. The molecule has 3 rings (SSSR count). The summed E-state index contributed by atoms with van der Waals surface area (Å²) in [7, 11) is 0. The van der Waals surface area contributed by atoms with Crippen LogP contribution in [0.1, 0.15) is 61.3 Å². The van der Waals surface area contributed by atoms with Gasteiger partial charge >= 0.3 is 0 Å². The molecule has 0 unspecified atom stereocenters. The highest BCUT2D eigenvalue weighted by Crippen LogP contribution is 2.27. The Balaban J connectivity index is 1.90. The first-order valence-electron chi connectivity index (χ1n) is 9.61. The van der Waals surface area contributed by atoms with Gasteiger partial charge in [-0.1, -0.05) is 31.9 Å². The zero-order chi connectivity index (χ0) is 19.3. The summed E-state index contributed by atoms with van der Waals surface area (Å²) in [5, 5.41) is 5.17. The minimum atomic E-state index is -0.929. The maximum absolute atomic E-state index is 13.3. The summed E-state index contributed by atoms with van der Waals surface area (Å²) in [5.41, 5.74) is -0.566. The van der Waals surface area contributed by atoms with Gasteiger partial charge in [0.2, 0.25) is 5.91 Å². The van der Waals surface area contributed by atoms with Crippen molar-refractivity contribution in [1.82, 2.24) is 15.2 Å². The average molecular weight is 386 g/mol. The van der Waals surface area contributed by atoms with E-state index in [0.29, 0.717) is 18.7 Å². The number of hydrogen-bond acceptors (Lipinski definition) is 4. The average Bonchev–Trinajstić information content (AvgIpc) is 3.39. The number of carbonyl (C=O) groups is 2. The molecule has 1 aliphatic rings. The van der Waals surface area contributed by atoms with Crippen LogP contribution in [0.3, 0.4) is 0 Å². The first-order chi connectivity index (χ1) is 13.0. The highest BCUT2D eigenvalue weighted by molar-refractivity contribution is 7.09. The van der Waals surface area contributed by atoms with E-state index in [1.165, 1.54) is 0 Å². The van der Waals surface area contributed by atoms with E-state index in [1.54, 1.807) is 40.6 Å². The SMILES string of the molecule is CC[C@](C)(C(=O)NC1CCCC1)N(Cc1cccs1)C(=O)c1ccccn1. The van der Waals surface area contributed by atoms with Crippen molar-refractivity contribution in [3.05, 3.63) is 52.5 Å². The first kappa shape index (κ1) is 19.5. The predicted molar refractivity (Wildman–Crippen MR) is 108 cm³/mol. The van der Waals surface area contributed by atoms with Gasteiger partial charge in [0.25, 0.3) is 5.91 Å². The molecule has 0 aliphatic heterocycles. The van der Waals surface area contributed by atoms with Crippen molar-refractivity contribution in [3.63, 3.8) is 0 Å². The summed E-state index contributed by atoms with van der Waals surface area (Å²) in [6.45, 7) is 4.22. The number of aromatic nitrogens is 1. The molecular formula is C21H27N3O2S. The van der Waals surface area contributed by atoms with Crippen LogP contribution in [0.15, 0.2) is 41.9 Å². The van der Waals surface area contributed by atoms with Gasteiger partial charge in [-0.05, 0) is 49.8 Å². The molecule has 0 bridgehead atoms. The van der Waals surface area contributed by atoms with Crippen molar-refractivity contribution in [3.8, 4) is 0 Å². The molecule has 5 nitrogen and oxygen atoms in total. The van der Waals surface area contributed by atoms with E-state index in [2.05, 4.69) is 10.3 Å². The van der Waals surface area contributed by atoms with Crippen LogP contribution in [0.2, 0.25) is 0 Å². The minimum Gasteiger partial charge on any atom is -0.351 e. The van der Waals surface area contributed by atoms with Crippen LogP contribution >= 0.6 is 11.3 Å². The van der Waals surface area contributed by atoms with Gasteiger partial charge in [-0.3, -0.25) is 14.6 Å². The summed E-state index contributed by atoms with van der Waals surface area (Å²) in [6, 6.07) is 9.46. The quantitative estimate of drug-likeness (QED) is 0.783. The van der Waals surface area contributed by atoms with Crippen molar-refractivity contribution in [2.45, 2.75) is 64.1 Å². The number of hydrogen-bond donors (Lipinski definition) is 1. The second kappa shape index (κ2) is 8.65. The molecule has 1 aliphatic carbocycles. The Morgan fingerprint density at radius 2 is 2.04 bits per heavy atom. The van der Waals surface area contributed by atoms with Crippen LogP contribution in [-0.2, 0) is 11.3 Å². The minimum absolute atomic E-state index is 0.0715. The molecule has 2 amide bonds. The largest absolute Gasteiger partial charge is 0.351 e. The number of carbonyl (C=O) groups excluding carboxylic acids is 2. The standard InChI is InChI=1S/C21H27N3O2S/c1-3-21(2,20(26)23-16-9-4-5-10-16)24(15-17-11-8-14-27-17)19(25)18-12-6-7-13-22-18/h6-8,11-14,16H,3-5,9-10,15H2,1-2H3,(H,23,26)/t21-/m1/s1. The molecule has 2 heterocycles. The number of rotatable bonds is 7. The van der Waals surface area contributed by atoms with E-state index in [4.69, 9.17) is 0 Å². The maximum atomic E-state index is 13.3. The summed E-state index contributed by atoms with van der Waals surface area (Å²) in [5.74, 6) is -0.285. The summed E-state index contributed by atoms with van der Waals surface area (Å²) >= 11 is 1.59. The van der Waals surface area contributed by atoms with Crippen LogP contribution in [0.25, 0.3) is 0 Å². The Morgan fingerprint density at radius 1 is 1.26 bits per heavy atom. The molecule has 1 atom stereocenters. The van der Waals surface area contributed by atoms with Crippen LogP contribution in [0, 0.1) is 0 Å². The second-order valence-electron chi connectivity index (χ2n) is 7.27. The van der Waals surface area contributed by atoms with Crippen molar-refractivity contribution in [2.75, 3.05) is 0 Å². The molecule has 0 radical (unpaired) electrons. The third kappa shape index (κ3) is 4.38. The third-order valence-corrected chi connectivity index (χ3v) is 6.35. The fourth-order valence-corrected chi connectivity index (χ4v) is 4.23. The van der Waals surface area contributed by atoms with Gasteiger partial charge in [-0.15, -0.1) is 11.3 Å². The van der Waals surface area contributed by atoms with E-state index in [-0.39, 0.29) is 17.9 Å². The third-order valence-electron chi connectivity index (χ3n) is 5.49. The normalized spacial score (nSPS) is 16.7. The lowest BCUT2D eigenvalue weighted by molar-refractivity contribution is -0.132. The maximum Gasteiger partial charge on any atom is 0.273 e. The van der Waals surface area contributed by atoms with Crippen molar-refractivity contribution < 1.29 is 9.59 Å². The number of pyridine rings is 1. The Bertz CT molecular complexity index is 757. The lowest BCUT2D eigenvalue weighted by atomic mass is 9.93. The van der Waals surface area contributed by atoms with Crippen molar-refractivity contribution in [1.29, 1.82) is 0 Å². The topological polar surface area (TPSA) is 62.3 Å². The van der Waals surface area contributed by atoms with E-state index in [1.807, 2.05) is 31.4 Å². The molecular weight excluding hydrogens is 358 g/mol.